The van der Waals surface area contributed by atoms with Crippen LogP contribution in [0.3, 0.4) is 0 Å². The lowest BCUT2D eigenvalue weighted by Gasteiger charge is -2.14. The largest absolute Gasteiger partial charge is 0.508 e. The van der Waals surface area contributed by atoms with Gasteiger partial charge in [0.1, 0.15) is 5.75 Å². The van der Waals surface area contributed by atoms with Gasteiger partial charge < -0.3 is 15.3 Å². The second kappa shape index (κ2) is 5.24. The lowest BCUT2D eigenvalue weighted by Crippen LogP contribution is -2.13. The molecule has 0 aliphatic carbocycles. The van der Waals surface area contributed by atoms with E-state index in [-0.39, 0.29) is 33.8 Å². The third-order valence-electron chi connectivity index (χ3n) is 3.12. The summed E-state index contributed by atoms with van der Waals surface area (Å²) in [6, 6.07) is 5.82. The van der Waals surface area contributed by atoms with Crippen LogP contribution in [0.15, 0.2) is 24.3 Å². The summed E-state index contributed by atoms with van der Waals surface area (Å²) in [5.41, 5.74) is 0.466. The maximum atomic E-state index is 11.5. The predicted molar refractivity (Wildman–Crippen MR) is 74.7 cm³/mol. The molecule has 0 spiro atoms. The van der Waals surface area contributed by atoms with Crippen molar-refractivity contribution in [2.24, 2.45) is 0 Å². The third kappa shape index (κ3) is 2.55. The van der Waals surface area contributed by atoms with Crippen LogP contribution in [0.1, 0.15) is 32.1 Å². The monoisotopic (exact) mass is 287 g/mol. The molecule has 0 saturated heterocycles. The maximum absolute atomic E-state index is 11.5. The van der Waals surface area contributed by atoms with Crippen LogP contribution in [0.4, 0.5) is 0 Å². The summed E-state index contributed by atoms with van der Waals surface area (Å²) in [6.45, 7) is 3.02. The summed E-state index contributed by atoms with van der Waals surface area (Å²) in [6.07, 6.45) is 0. The summed E-state index contributed by atoms with van der Waals surface area (Å²) >= 11 is 0. The Morgan fingerprint density at radius 1 is 1.00 bits per heavy atom. The van der Waals surface area contributed by atoms with Crippen molar-refractivity contribution in [1.29, 1.82) is 0 Å². The number of hydrogen-bond donors (Lipinski definition) is 3. The fourth-order valence-corrected chi connectivity index (χ4v) is 2.32. The molecule has 1 aromatic carbocycles. The van der Waals surface area contributed by atoms with Crippen LogP contribution >= 0.6 is 0 Å². The molecule has 0 saturated carbocycles. The number of phenols is 1. The first-order chi connectivity index (χ1) is 9.82. The van der Waals surface area contributed by atoms with Crippen molar-refractivity contribution in [1.82, 2.24) is 4.98 Å². The number of benzene rings is 1. The van der Waals surface area contributed by atoms with Crippen LogP contribution in [0.2, 0.25) is 0 Å². The number of aromatic nitrogens is 1. The van der Waals surface area contributed by atoms with E-state index in [2.05, 4.69) is 4.98 Å². The number of phenolic OH excluding ortho intramolecular Hbond substituents is 1. The van der Waals surface area contributed by atoms with Crippen LogP contribution in [0.5, 0.6) is 5.75 Å². The number of carbonyl (C=O) groups is 2. The van der Waals surface area contributed by atoms with Crippen molar-refractivity contribution in [2.45, 2.75) is 13.8 Å². The second-order valence-corrected chi connectivity index (χ2v) is 4.57. The summed E-state index contributed by atoms with van der Waals surface area (Å²) < 4.78 is 0. The molecule has 0 unspecified atom stereocenters. The summed E-state index contributed by atoms with van der Waals surface area (Å²) in [4.78, 5) is 27.0. The van der Waals surface area contributed by atoms with Gasteiger partial charge in [0.05, 0.1) is 22.5 Å². The molecule has 1 aromatic heterocycles. The number of carboxylic acids is 2. The quantitative estimate of drug-likeness (QED) is 0.800. The topological polar surface area (TPSA) is 108 Å². The Morgan fingerprint density at radius 3 is 1.95 bits per heavy atom. The first kappa shape index (κ1) is 14.5. The molecule has 0 aliphatic heterocycles. The number of carboxylic acid groups (broad SMARTS) is 2. The zero-order valence-electron chi connectivity index (χ0n) is 11.4. The van der Waals surface area contributed by atoms with E-state index in [1.54, 1.807) is 6.07 Å². The molecule has 2 aromatic rings. The van der Waals surface area contributed by atoms with Crippen molar-refractivity contribution < 1.29 is 24.9 Å². The van der Waals surface area contributed by atoms with Crippen molar-refractivity contribution in [3.63, 3.8) is 0 Å². The van der Waals surface area contributed by atoms with Gasteiger partial charge in [-0.05, 0) is 31.5 Å². The molecular formula is C15H13NO5. The highest BCUT2D eigenvalue weighted by Crippen LogP contribution is 2.32. The molecule has 0 fully saturated rings. The molecule has 0 bridgehead atoms. The van der Waals surface area contributed by atoms with Crippen LogP contribution < -0.4 is 0 Å². The number of pyridine rings is 1. The first-order valence-electron chi connectivity index (χ1n) is 6.10. The second-order valence-electron chi connectivity index (χ2n) is 4.57. The van der Waals surface area contributed by atoms with E-state index in [0.29, 0.717) is 5.56 Å². The number of nitrogens with zero attached hydrogens (tertiary/aromatic N) is 1. The Hall–Kier alpha value is -2.89. The van der Waals surface area contributed by atoms with E-state index in [4.69, 9.17) is 0 Å². The highest BCUT2D eigenvalue weighted by atomic mass is 16.4. The number of hydrogen-bond acceptors (Lipinski definition) is 4. The molecule has 0 amide bonds. The molecule has 3 N–H and O–H groups in total. The Labute approximate surface area is 120 Å². The van der Waals surface area contributed by atoms with Gasteiger partial charge in [0, 0.05) is 5.56 Å². The van der Waals surface area contributed by atoms with Crippen LogP contribution in [0, 0.1) is 13.8 Å². The molecule has 6 nitrogen and oxygen atoms in total. The molecule has 6 heteroatoms. The standard InChI is InChI=1S/C15H13NO5/c1-7-11(14(18)19)13(9-4-3-5-10(17)6-9)12(15(20)21)8(2)16-7/h3-6,17H,1-2H3,(H,18,19)(H,20,21). The highest BCUT2D eigenvalue weighted by Gasteiger charge is 2.25. The maximum Gasteiger partial charge on any atom is 0.338 e. The fourth-order valence-electron chi connectivity index (χ4n) is 2.32. The first-order valence-corrected chi connectivity index (χ1v) is 6.10. The van der Waals surface area contributed by atoms with Crippen LogP contribution in [-0.2, 0) is 0 Å². The predicted octanol–water partition coefficient (Wildman–Crippen LogP) is 2.47. The molecule has 108 valence electrons. The smallest absolute Gasteiger partial charge is 0.338 e. The number of aromatic carboxylic acids is 2. The molecule has 0 atom stereocenters. The van der Waals surface area contributed by atoms with E-state index in [1.807, 2.05) is 0 Å². The minimum Gasteiger partial charge on any atom is -0.508 e. The van der Waals surface area contributed by atoms with E-state index in [0.717, 1.165) is 0 Å². The fraction of sp³-hybridized carbons (Fsp3) is 0.133. The zero-order chi connectivity index (χ0) is 15.7. The van der Waals surface area contributed by atoms with Crippen LogP contribution in [-0.4, -0.2) is 32.2 Å². The molecule has 0 radical (unpaired) electrons. The lowest BCUT2D eigenvalue weighted by atomic mass is 9.92. The average Bonchev–Trinajstić information content (AvgIpc) is 2.36. The van der Waals surface area contributed by atoms with E-state index in [9.17, 15) is 24.9 Å². The van der Waals surface area contributed by atoms with Crippen molar-refractivity contribution >= 4 is 11.9 Å². The summed E-state index contributed by atoms with van der Waals surface area (Å²) in [5.74, 6) is -2.60. The van der Waals surface area contributed by atoms with Crippen molar-refractivity contribution in [2.75, 3.05) is 0 Å². The number of rotatable bonds is 3. The molecule has 1 heterocycles. The normalized spacial score (nSPS) is 10.4. The molecule has 21 heavy (non-hydrogen) atoms. The van der Waals surface area contributed by atoms with Gasteiger partial charge in [-0.25, -0.2) is 9.59 Å². The van der Waals surface area contributed by atoms with Gasteiger partial charge in [-0.2, -0.15) is 0 Å². The Bertz CT molecular complexity index is 714. The van der Waals surface area contributed by atoms with Gasteiger partial charge in [0.15, 0.2) is 0 Å². The van der Waals surface area contributed by atoms with Gasteiger partial charge in [-0.15, -0.1) is 0 Å². The zero-order valence-corrected chi connectivity index (χ0v) is 11.4. The molecule has 0 aliphatic rings. The number of aryl methyl sites for hydroxylation is 2. The van der Waals surface area contributed by atoms with Gasteiger partial charge in [-0.3, -0.25) is 4.98 Å². The number of aromatic hydroxyl groups is 1. The van der Waals surface area contributed by atoms with E-state index < -0.39 is 11.9 Å². The van der Waals surface area contributed by atoms with E-state index in [1.165, 1.54) is 32.0 Å². The highest BCUT2D eigenvalue weighted by molar-refractivity contribution is 6.06. The lowest BCUT2D eigenvalue weighted by molar-refractivity contribution is 0.0695. The Morgan fingerprint density at radius 2 is 1.52 bits per heavy atom. The molecular weight excluding hydrogens is 274 g/mol. The Balaban J connectivity index is 2.95. The van der Waals surface area contributed by atoms with Gasteiger partial charge in [-0.1, -0.05) is 12.1 Å². The van der Waals surface area contributed by atoms with Gasteiger partial charge >= 0.3 is 11.9 Å². The summed E-state index contributed by atoms with van der Waals surface area (Å²) in [5, 5.41) is 28.3. The van der Waals surface area contributed by atoms with Gasteiger partial charge in [0.2, 0.25) is 0 Å². The third-order valence-corrected chi connectivity index (χ3v) is 3.12. The molecule has 2 rings (SSSR count). The van der Waals surface area contributed by atoms with Crippen LogP contribution in [0.25, 0.3) is 11.1 Å². The minimum absolute atomic E-state index is 0.0518. The Kier molecular flexibility index (Phi) is 3.62. The SMILES string of the molecule is Cc1nc(C)c(C(=O)O)c(-c2cccc(O)c2)c1C(=O)O. The van der Waals surface area contributed by atoms with Gasteiger partial charge in [0.25, 0.3) is 0 Å². The minimum atomic E-state index is -1.26. The average molecular weight is 287 g/mol. The van der Waals surface area contributed by atoms with E-state index >= 15 is 0 Å². The van der Waals surface area contributed by atoms with Crippen molar-refractivity contribution in [3.05, 3.63) is 46.8 Å². The summed E-state index contributed by atoms with van der Waals surface area (Å²) in [7, 11) is 0. The van der Waals surface area contributed by atoms with Crippen molar-refractivity contribution in [3.8, 4) is 16.9 Å².